The molecule has 0 saturated heterocycles. The zero-order valence-corrected chi connectivity index (χ0v) is 6.98. The van der Waals surface area contributed by atoms with Crippen molar-refractivity contribution >= 4 is 23.0 Å². The van der Waals surface area contributed by atoms with E-state index in [-0.39, 0.29) is 5.97 Å². The van der Waals surface area contributed by atoms with Gasteiger partial charge in [-0.05, 0) is 6.92 Å². The minimum Gasteiger partial charge on any atom is -0.462 e. The third-order valence-electron chi connectivity index (χ3n) is 1.19. The molecule has 0 spiro atoms. The second-order valence-electron chi connectivity index (χ2n) is 1.96. The first kappa shape index (κ1) is 8.07. The number of thiophene rings is 1. The predicted octanol–water partition coefficient (Wildman–Crippen LogP) is 1.51. The van der Waals surface area contributed by atoms with Gasteiger partial charge in [-0.15, -0.1) is 11.3 Å². The highest BCUT2D eigenvalue weighted by Gasteiger charge is 2.10. The van der Waals surface area contributed by atoms with Crippen molar-refractivity contribution in [3.05, 3.63) is 16.3 Å². The Hall–Kier alpha value is -1.03. The van der Waals surface area contributed by atoms with Gasteiger partial charge >= 0.3 is 5.97 Å². The molecule has 1 rings (SSSR count). The van der Waals surface area contributed by atoms with Crippen LogP contribution in [0.2, 0.25) is 0 Å². The lowest BCUT2D eigenvalue weighted by Gasteiger charge is -1.98. The van der Waals surface area contributed by atoms with Gasteiger partial charge in [0.05, 0.1) is 17.9 Å². The largest absolute Gasteiger partial charge is 0.462 e. The standard InChI is InChI=1S/C7H9NO2S/c1-2-10-7(9)5-3-11-4-6(5)8/h3-4H,2,8H2,1H3. The molecule has 2 N–H and O–H groups in total. The molecule has 60 valence electrons. The second kappa shape index (κ2) is 3.39. The number of carbonyl (C=O) groups is 1. The van der Waals surface area contributed by atoms with Gasteiger partial charge in [-0.2, -0.15) is 0 Å². The van der Waals surface area contributed by atoms with Crippen molar-refractivity contribution in [2.24, 2.45) is 0 Å². The van der Waals surface area contributed by atoms with E-state index in [9.17, 15) is 4.79 Å². The number of nitrogen functional groups attached to an aromatic ring is 1. The molecule has 0 aromatic carbocycles. The Kier molecular flexibility index (Phi) is 2.48. The van der Waals surface area contributed by atoms with E-state index in [1.807, 2.05) is 0 Å². The first-order valence-corrected chi connectivity index (χ1v) is 4.18. The lowest BCUT2D eigenvalue weighted by Crippen LogP contribution is -2.05. The SMILES string of the molecule is CCOC(=O)c1cscc1N. The summed E-state index contributed by atoms with van der Waals surface area (Å²) in [4.78, 5) is 11.0. The molecule has 1 heterocycles. The van der Waals surface area contributed by atoms with Gasteiger partial charge in [0.25, 0.3) is 0 Å². The highest BCUT2D eigenvalue weighted by Crippen LogP contribution is 2.17. The van der Waals surface area contributed by atoms with Crippen LogP contribution < -0.4 is 5.73 Å². The van der Waals surface area contributed by atoms with Crippen LogP contribution in [0.3, 0.4) is 0 Å². The van der Waals surface area contributed by atoms with Gasteiger partial charge < -0.3 is 10.5 Å². The molecule has 0 fully saturated rings. The smallest absolute Gasteiger partial charge is 0.341 e. The lowest BCUT2D eigenvalue weighted by atomic mass is 10.3. The molecule has 11 heavy (non-hydrogen) atoms. The van der Waals surface area contributed by atoms with Gasteiger partial charge in [-0.1, -0.05) is 0 Å². The summed E-state index contributed by atoms with van der Waals surface area (Å²) < 4.78 is 4.75. The number of ether oxygens (including phenoxy) is 1. The molecule has 1 aromatic heterocycles. The van der Waals surface area contributed by atoms with Crippen molar-refractivity contribution in [1.29, 1.82) is 0 Å². The normalized spacial score (nSPS) is 9.55. The first-order valence-electron chi connectivity index (χ1n) is 3.24. The molecule has 0 unspecified atom stereocenters. The number of esters is 1. The molecule has 0 atom stereocenters. The van der Waals surface area contributed by atoms with Crippen LogP contribution in [0, 0.1) is 0 Å². The Morgan fingerprint density at radius 2 is 2.45 bits per heavy atom. The molecular weight excluding hydrogens is 162 g/mol. The van der Waals surface area contributed by atoms with Crippen molar-refractivity contribution in [2.75, 3.05) is 12.3 Å². The average molecular weight is 171 g/mol. The molecule has 0 amide bonds. The number of hydrogen-bond acceptors (Lipinski definition) is 4. The van der Waals surface area contributed by atoms with E-state index in [4.69, 9.17) is 10.5 Å². The highest BCUT2D eigenvalue weighted by atomic mass is 32.1. The Labute approximate surface area is 68.8 Å². The highest BCUT2D eigenvalue weighted by molar-refractivity contribution is 7.08. The van der Waals surface area contributed by atoms with Crippen LogP contribution in [0.5, 0.6) is 0 Å². The van der Waals surface area contributed by atoms with Crippen LogP contribution in [-0.2, 0) is 4.74 Å². The maximum absolute atomic E-state index is 11.0. The quantitative estimate of drug-likeness (QED) is 0.686. The van der Waals surface area contributed by atoms with Crippen LogP contribution in [0.25, 0.3) is 0 Å². The zero-order valence-electron chi connectivity index (χ0n) is 6.16. The topological polar surface area (TPSA) is 52.3 Å². The predicted molar refractivity (Wildman–Crippen MR) is 44.7 cm³/mol. The van der Waals surface area contributed by atoms with Crippen LogP contribution in [0.1, 0.15) is 17.3 Å². The number of hydrogen-bond donors (Lipinski definition) is 1. The van der Waals surface area contributed by atoms with Gasteiger partial charge in [0.1, 0.15) is 0 Å². The van der Waals surface area contributed by atoms with E-state index >= 15 is 0 Å². The summed E-state index contributed by atoms with van der Waals surface area (Å²) in [6.45, 7) is 2.15. The summed E-state index contributed by atoms with van der Waals surface area (Å²) in [5.41, 5.74) is 6.44. The Bertz CT molecular complexity index is 257. The van der Waals surface area contributed by atoms with E-state index < -0.39 is 0 Å². The summed E-state index contributed by atoms with van der Waals surface area (Å²) in [6, 6.07) is 0. The van der Waals surface area contributed by atoms with Crippen molar-refractivity contribution < 1.29 is 9.53 Å². The van der Waals surface area contributed by atoms with Gasteiger partial charge in [0.2, 0.25) is 0 Å². The second-order valence-corrected chi connectivity index (χ2v) is 2.70. The third kappa shape index (κ3) is 1.71. The summed E-state index contributed by atoms with van der Waals surface area (Å²) in [5.74, 6) is -0.341. The van der Waals surface area contributed by atoms with Crippen molar-refractivity contribution in [3.8, 4) is 0 Å². The van der Waals surface area contributed by atoms with Gasteiger partial charge in [0, 0.05) is 10.8 Å². The summed E-state index contributed by atoms with van der Waals surface area (Å²) in [5, 5.41) is 3.40. The fourth-order valence-corrected chi connectivity index (χ4v) is 1.39. The third-order valence-corrected chi connectivity index (χ3v) is 1.95. The number of rotatable bonds is 2. The van der Waals surface area contributed by atoms with E-state index in [2.05, 4.69) is 0 Å². The molecule has 0 saturated carbocycles. The van der Waals surface area contributed by atoms with Crippen LogP contribution in [-0.4, -0.2) is 12.6 Å². The molecule has 0 aliphatic heterocycles. The van der Waals surface area contributed by atoms with Crippen molar-refractivity contribution in [3.63, 3.8) is 0 Å². The number of anilines is 1. The lowest BCUT2D eigenvalue weighted by molar-refractivity contribution is 0.0528. The summed E-state index contributed by atoms with van der Waals surface area (Å²) >= 11 is 1.39. The Balaban J connectivity index is 2.76. The van der Waals surface area contributed by atoms with Crippen LogP contribution >= 0.6 is 11.3 Å². The first-order chi connectivity index (χ1) is 5.25. The maximum atomic E-state index is 11.0. The molecule has 1 aromatic rings. The fourth-order valence-electron chi connectivity index (χ4n) is 0.682. The maximum Gasteiger partial charge on any atom is 0.341 e. The van der Waals surface area contributed by atoms with Gasteiger partial charge in [-0.3, -0.25) is 0 Å². The molecule has 0 aliphatic rings. The van der Waals surface area contributed by atoms with Crippen molar-refractivity contribution in [2.45, 2.75) is 6.92 Å². The molecular formula is C7H9NO2S. The van der Waals surface area contributed by atoms with E-state index in [1.165, 1.54) is 11.3 Å². The molecule has 0 bridgehead atoms. The van der Waals surface area contributed by atoms with Crippen molar-refractivity contribution in [1.82, 2.24) is 0 Å². The summed E-state index contributed by atoms with van der Waals surface area (Å²) in [7, 11) is 0. The minimum atomic E-state index is -0.341. The van der Waals surface area contributed by atoms with Crippen LogP contribution in [0.4, 0.5) is 5.69 Å². The van der Waals surface area contributed by atoms with E-state index in [0.29, 0.717) is 17.9 Å². The van der Waals surface area contributed by atoms with E-state index in [0.717, 1.165) is 0 Å². The van der Waals surface area contributed by atoms with E-state index in [1.54, 1.807) is 17.7 Å². The molecule has 4 heteroatoms. The molecule has 0 radical (unpaired) electrons. The number of carbonyl (C=O) groups excluding carboxylic acids is 1. The van der Waals surface area contributed by atoms with Crippen LogP contribution in [0.15, 0.2) is 10.8 Å². The average Bonchev–Trinajstić information content (AvgIpc) is 2.36. The Morgan fingerprint density at radius 1 is 1.73 bits per heavy atom. The zero-order chi connectivity index (χ0) is 8.27. The monoisotopic (exact) mass is 171 g/mol. The molecule has 3 nitrogen and oxygen atoms in total. The Morgan fingerprint density at radius 3 is 2.91 bits per heavy atom. The fraction of sp³-hybridized carbons (Fsp3) is 0.286. The summed E-state index contributed by atoms with van der Waals surface area (Å²) in [6.07, 6.45) is 0. The minimum absolute atomic E-state index is 0.341. The molecule has 0 aliphatic carbocycles. The van der Waals surface area contributed by atoms with Gasteiger partial charge in [-0.25, -0.2) is 4.79 Å². The van der Waals surface area contributed by atoms with Gasteiger partial charge in [0.15, 0.2) is 0 Å². The number of nitrogens with two attached hydrogens (primary N) is 1.